The number of rotatable bonds is 4. The van der Waals surface area contributed by atoms with Crippen LogP contribution in [0.25, 0.3) is 0 Å². The fraction of sp³-hybridized carbons (Fsp3) is 0.312. The third-order valence-corrected chi connectivity index (χ3v) is 4.61. The number of hydrogen-bond acceptors (Lipinski definition) is 3. The van der Waals surface area contributed by atoms with Crippen molar-refractivity contribution >= 4 is 22.9 Å². The first-order chi connectivity index (χ1) is 9.83. The number of carbonyl (C=O) groups excluding carboxylic acids is 1. The Bertz CT molecular complexity index is 579. The van der Waals surface area contributed by atoms with E-state index in [4.69, 9.17) is 0 Å². The first-order valence-corrected chi connectivity index (χ1v) is 7.85. The molecule has 1 aliphatic carbocycles. The van der Waals surface area contributed by atoms with Gasteiger partial charge in [-0.15, -0.1) is 11.3 Å². The van der Waals surface area contributed by atoms with Crippen LogP contribution >= 0.6 is 11.3 Å². The minimum Gasteiger partial charge on any atom is -0.376 e. The van der Waals surface area contributed by atoms with Gasteiger partial charge in [0, 0.05) is 10.6 Å². The van der Waals surface area contributed by atoms with Crippen molar-refractivity contribution in [2.75, 3.05) is 11.9 Å². The van der Waals surface area contributed by atoms with E-state index in [1.807, 2.05) is 30.3 Å². The van der Waals surface area contributed by atoms with Gasteiger partial charge in [0.05, 0.1) is 12.6 Å². The van der Waals surface area contributed by atoms with Crippen molar-refractivity contribution in [3.63, 3.8) is 0 Å². The number of thiophene rings is 1. The van der Waals surface area contributed by atoms with Gasteiger partial charge in [0.15, 0.2) is 0 Å². The number of carbonyl (C=O) groups is 1. The van der Waals surface area contributed by atoms with Crippen LogP contribution in [0.2, 0.25) is 0 Å². The number of para-hydroxylation sites is 1. The zero-order chi connectivity index (χ0) is 13.8. The summed E-state index contributed by atoms with van der Waals surface area (Å²) in [5, 5.41) is 8.40. The Balaban J connectivity index is 1.55. The topological polar surface area (TPSA) is 41.1 Å². The van der Waals surface area contributed by atoms with Crippen LogP contribution in [0.5, 0.6) is 0 Å². The SMILES string of the molecule is O=C(CNc1ccccc1)NC1CCCc2sccc21. The van der Waals surface area contributed by atoms with Gasteiger partial charge in [0.25, 0.3) is 0 Å². The zero-order valence-electron chi connectivity index (χ0n) is 11.3. The monoisotopic (exact) mass is 286 g/mol. The van der Waals surface area contributed by atoms with Gasteiger partial charge in [-0.1, -0.05) is 18.2 Å². The standard InChI is InChI=1S/C16H18N2OS/c19-16(11-17-12-5-2-1-3-6-12)18-14-7-4-8-15-13(14)9-10-20-15/h1-3,5-6,9-10,14,17H,4,7-8,11H2,(H,18,19). The summed E-state index contributed by atoms with van der Waals surface area (Å²) in [6.45, 7) is 0.319. The highest BCUT2D eigenvalue weighted by Gasteiger charge is 2.22. The summed E-state index contributed by atoms with van der Waals surface area (Å²) in [6.07, 6.45) is 3.35. The van der Waals surface area contributed by atoms with Gasteiger partial charge in [0.1, 0.15) is 0 Å². The zero-order valence-corrected chi connectivity index (χ0v) is 12.1. The normalized spacial score (nSPS) is 17.3. The van der Waals surface area contributed by atoms with Gasteiger partial charge in [-0.2, -0.15) is 0 Å². The van der Waals surface area contributed by atoms with Crippen LogP contribution < -0.4 is 10.6 Å². The average molecular weight is 286 g/mol. The van der Waals surface area contributed by atoms with Crippen molar-refractivity contribution in [2.24, 2.45) is 0 Å². The van der Waals surface area contributed by atoms with Crippen molar-refractivity contribution in [2.45, 2.75) is 25.3 Å². The largest absolute Gasteiger partial charge is 0.376 e. The number of amides is 1. The third kappa shape index (κ3) is 3.02. The number of hydrogen-bond donors (Lipinski definition) is 2. The molecule has 0 bridgehead atoms. The highest BCUT2D eigenvalue weighted by atomic mass is 32.1. The second-order valence-corrected chi connectivity index (χ2v) is 6.03. The van der Waals surface area contributed by atoms with E-state index < -0.39 is 0 Å². The third-order valence-electron chi connectivity index (χ3n) is 3.61. The molecule has 2 N–H and O–H groups in total. The Labute approximate surface area is 123 Å². The van der Waals surface area contributed by atoms with Gasteiger partial charge in [-0.25, -0.2) is 0 Å². The molecule has 4 heteroatoms. The highest BCUT2D eigenvalue weighted by Crippen LogP contribution is 2.33. The van der Waals surface area contributed by atoms with Crippen molar-refractivity contribution in [1.82, 2.24) is 5.32 Å². The number of anilines is 1. The van der Waals surface area contributed by atoms with E-state index in [-0.39, 0.29) is 11.9 Å². The lowest BCUT2D eigenvalue weighted by Gasteiger charge is -2.23. The predicted molar refractivity (Wildman–Crippen MR) is 83.1 cm³/mol. The van der Waals surface area contributed by atoms with Crippen molar-refractivity contribution in [3.05, 3.63) is 52.2 Å². The molecule has 0 spiro atoms. The maximum Gasteiger partial charge on any atom is 0.239 e. The summed E-state index contributed by atoms with van der Waals surface area (Å²) in [7, 11) is 0. The maximum atomic E-state index is 12.0. The first-order valence-electron chi connectivity index (χ1n) is 6.97. The molecule has 3 nitrogen and oxygen atoms in total. The Morgan fingerprint density at radius 1 is 1.25 bits per heavy atom. The van der Waals surface area contributed by atoms with Gasteiger partial charge < -0.3 is 10.6 Å². The van der Waals surface area contributed by atoms with E-state index in [0.717, 1.165) is 24.9 Å². The number of fused-ring (bicyclic) bond motifs is 1. The minimum atomic E-state index is 0.0536. The molecule has 0 saturated carbocycles. The molecule has 0 aliphatic heterocycles. The number of benzene rings is 1. The molecular formula is C16H18N2OS. The summed E-state index contributed by atoms with van der Waals surface area (Å²) in [5.74, 6) is 0.0536. The average Bonchev–Trinajstić information content (AvgIpc) is 2.96. The maximum absolute atomic E-state index is 12.0. The molecule has 1 aromatic heterocycles. The van der Waals surface area contributed by atoms with Crippen LogP contribution in [0.15, 0.2) is 41.8 Å². The summed E-state index contributed by atoms with van der Waals surface area (Å²) in [5.41, 5.74) is 2.29. The molecule has 1 atom stereocenters. The highest BCUT2D eigenvalue weighted by molar-refractivity contribution is 7.10. The lowest BCUT2D eigenvalue weighted by Crippen LogP contribution is -2.34. The van der Waals surface area contributed by atoms with Crippen molar-refractivity contribution in [1.29, 1.82) is 0 Å². The molecule has 0 fully saturated rings. The Morgan fingerprint density at radius 2 is 2.10 bits per heavy atom. The second-order valence-electron chi connectivity index (χ2n) is 5.03. The van der Waals surface area contributed by atoms with Crippen LogP contribution in [0, 0.1) is 0 Å². The Morgan fingerprint density at radius 3 is 2.95 bits per heavy atom. The van der Waals surface area contributed by atoms with E-state index in [2.05, 4.69) is 22.1 Å². The van der Waals surface area contributed by atoms with E-state index in [9.17, 15) is 4.79 Å². The first kappa shape index (κ1) is 13.2. The van der Waals surface area contributed by atoms with Crippen LogP contribution in [0.1, 0.15) is 29.3 Å². The molecule has 2 aromatic rings. The van der Waals surface area contributed by atoms with Gasteiger partial charge in [-0.3, -0.25) is 4.79 Å². The van der Waals surface area contributed by atoms with Crippen molar-refractivity contribution < 1.29 is 4.79 Å². The lowest BCUT2D eigenvalue weighted by molar-refractivity contribution is -0.120. The molecule has 1 amide bonds. The summed E-state index contributed by atoms with van der Waals surface area (Å²) in [4.78, 5) is 13.5. The summed E-state index contributed by atoms with van der Waals surface area (Å²) in [6, 6.07) is 12.1. The fourth-order valence-corrected chi connectivity index (χ4v) is 3.61. The number of aryl methyl sites for hydroxylation is 1. The fourth-order valence-electron chi connectivity index (χ4n) is 2.62. The second kappa shape index (κ2) is 6.09. The molecule has 1 unspecified atom stereocenters. The summed E-state index contributed by atoms with van der Waals surface area (Å²) < 4.78 is 0. The smallest absolute Gasteiger partial charge is 0.239 e. The van der Waals surface area contributed by atoms with Crippen LogP contribution in [-0.2, 0) is 11.2 Å². The summed E-state index contributed by atoms with van der Waals surface area (Å²) >= 11 is 1.80. The lowest BCUT2D eigenvalue weighted by atomic mass is 9.94. The van der Waals surface area contributed by atoms with Gasteiger partial charge >= 0.3 is 0 Å². The molecule has 104 valence electrons. The molecular weight excluding hydrogens is 268 g/mol. The van der Waals surface area contributed by atoms with E-state index in [1.165, 1.54) is 10.4 Å². The van der Waals surface area contributed by atoms with Crippen molar-refractivity contribution in [3.8, 4) is 0 Å². The van der Waals surface area contributed by atoms with Gasteiger partial charge in [0.2, 0.25) is 5.91 Å². The molecule has 1 aliphatic rings. The van der Waals surface area contributed by atoms with E-state index in [0.29, 0.717) is 6.54 Å². The Kier molecular flexibility index (Phi) is 4.02. The molecule has 3 rings (SSSR count). The Hall–Kier alpha value is -1.81. The van der Waals surface area contributed by atoms with E-state index in [1.54, 1.807) is 11.3 Å². The van der Waals surface area contributed by atoms with Crippen LogP contribution in [0.4, 0.5) is 5.69 Å². The van der Waals surface area contributed by atoms with Gasteiger partial charge in [-0.05, 0) is 48.4 Å². The van der Waals surface area contributed by atoms with Crippen LogP contribution in [-0.4, -0.2) is 12.5 Å². The van der Waals surface area contributed by atoms with E-state index >= 15 is 0 Å². The molecule has 1 heterocycles. The predicted octanol–water partition coefficient (Wildman–Crippen LogP) is 3.35. The number of nitrogens with one attached hydrogen (secondary N) is 2. The molecule has 0 saturated heterocycles. The minimum absolute atomic E-state index is 0.0536. The van der Waals surface area contributed by atoms with Crippen LogP contribution in [0.3, 0.4) is 0 Å². The molecule has 1 aromatic carbocycles. The quantitative estimate of drug-likeness (QED) is 0.905. The molecule has 0 radical (unpaired) electrons. The molecule has 20 heavy (non-hydrogen) atoms.